The van der Waals surface area contributed by atoms with Gasteiger partial charge < -0.3 is 16.4 Å². The van der Waals surface area contributed by atoms with Crippen molar-refractivity contribution in [2.24, 2.45) is 11.5 Å². The third-order valence-electron chi connectivity index (χ3n) is 5.31. The second kappa shape index (κ2) is 9.78. The van der Waals surface area contributed by atoms with E-state index in [9.17, 15) is 19.7 Å². The van der Waals surface area contributed by atoms with Crippen LogP contribution in [0.15, 0.2) is 35.4 Å². The minimum atomic E-state index is -1.25. The molecule has 4 N–H and O–H groups in total. The molecule has 1 saturated heterocycles. The SMILES string of the molecule is CCc1c(C#N)c(SC(C(N)=O)c2ccccc2)nc(N2CC[C@H](N)[C@H](F)C2)c1C#N. The number of alkyl halides is 1. The van der Waals surface area contributed by atoms with Crippen LogP contribution in [-0.4, -0.2) is 36.2 Å². The molecular weight excluding hydrogens is 415 g/mol. The molecule has 3 atom stereocenters. The Hall–Kier alpha value is -3.14. The van der Waals surface area contributed by atoms with Gasteiger partial charge in [0.05, 0.1) is 17.7 Å². The molecule has 1 amide bonds. The van der Waals surface area contributed by atoms with E-state index in [2.05, 4.69) is 17.1 Å². The highest BCUT2D eigenvalue weighted by atomic mass is 32.2. The predicted octanol–water partition coefficient (Wildman–Crippen LogP) is 2.58. The quantitative estimate of drug-likeness (QED) is 0.662. The first kappa shape index (κ1) is 22.5. The first-order valence-corrected chi connectivity index (χ1v) is 10.8. The van der Waals surface area contributed by atoms with E-state index >= 15 is 0 Å². The molecule has 7 nitrogen and oxygen atoms in total. The normalized spacial score (nSPS) is 19.3. The van der Waals surface area contributed by atoms with Crippen molar-refractivity contribution < 1.29 is 9.18 Å². The average Bonchev–Trinajstić information content (AvgIpc) is 2.78. The Labute approximate surface area is 184 Å². The van der Waals surface area contributed by atoms with Gasteiger partial charge in [0.2, 0.25) is 5.91 Å². The molecule has 0 bridgehead atoms. The number of nitrogens with zero attached hydrogens (tertiary/aromatic N) is 4. The van der Waals surface area contributed by atoms with E-state index in [1.165, 1.54) is 0 Å². The Morgan fingerprint density at radius 2 is 2.00 bits per heavy atom. The molecule has 2 aromatic rings. The lowest BCUT2D eigenvalue weighted by Crippen LogP contribution is -2.49. The number of rotatable bonds is 6. The van der Waals surface area contributed by atoms with Crippen molar-refractivity contribution in [3.63, 3.8) is 0 Å². The Bertz CT molecular complexity index is 1050. The molecule has 31 heavy (non-hydrogen) atoms. The van der Waals surface area contributed by atoms with E-state index in [-0.39, 0.29) is 17.7 Å². The Morgan fingerprint density at radius 3 is 2.55 bits per heavy atom. The molecule has 1 aromatic heterocycles. The maximum atomic E-state index is 14.3. The second-order valence-corrected chi connectivity index (χ2v) is 8.37. The third-order valence-corrected chi connectivity index (χ3v) is 6.57. The van der Waals surface area contributed by atoms with E-state index in [0.717, 1.165) is 11.8 Å². The molecule has 9 heteroatoms. The van der Waals surface area contributed by atoms with E-state index in [4.69, 9.17) is 11.5 Å². The van der Waals surface area contributed by atoms with Crippen LogP contribution in [0.4, 0.5) is 10.2 Å². The van der Waals surface area contributed by atoms with Crippen molar-refractivity contribution >= 4 is 23.5 Å². The summed E-state index contributed by atoms with van der Waals surface area (Å²) in [5.41, 5.74) is 13.1. The van der Waals surface area contributed by atoms with Gasteiger partial charge >= 0.3 is 0 Å². The van der Waals surface area contributed by atoms with Gasteiger partial charge in [-0.15, -0.1) is 0 Å². The number of piperidine rings is 1. The Kier molecular flexibility index (Phi) is 7.11. The van der Waals surface area contributed by atoms with Crippen molar-refractivity contribution in [3.05, 3.63) is 52.6 Å². The minimum Gasteiger partial charge on any atom is -0.368 e. The van der Waals surface area contributed by atoms with E-state index in [1.54, 1.807) is 29.2 Å². The molecule has 1 unspecified atom stereocenters. The van der Waals surface area contributed by atoms with Crippen LogP contribution >= 0.6 is 11.8 Å². The zero-order chi connectivity index (χ0) is 22.5. The summed E-state index contributed by atoms with van der Waals surface area (Å²) in [5.74, 6) is -0.259. The molecule has 160 valence electrons. The largest absolute Gasteiger partial charge is 0.368 e. The van der Waals surface area contributed by atoms with Crippen LogP contribution in [-0.2, 0) is 11.2 Å². The summed E-state index contributed by atoms with van der Waals surface area (Å²) in [4.78, 5) is 18.5. The highest BCUT2D eigenvalue weighted by molar-refractivity contribution is 8.00. The summed E-state index contributed by atoms with van der Waals surface area (Å²) >= 11 is 1.07. The average molecular weight is 439 g/mol. The smallest absolute Gasteiger partial charge is 0.235 e. The number of thioether (sulfide) groups is 1. The molecule has 1 fully saturated rings. The third kappa shape index (κ3) is 4.63. The van der Waals surface area contributed by atoms with Gasteiger partial charge in [-0.25, -0.2) is 9.37 Å². The summed E-state index contributed by atoms with van der Waals surface area (Å²) in [7, 11) is 0. The molecule has 1 aromatic carbocycles. The van der Waals surface area contributed by atoms with Gasteiger partial charge in [-0.1, -0.05) is 49.0 Å². The topological polar surface area (TPSA) is 133 Å². The van der Waals surface area contributed by atoms with Crippen LogP contribution in [0.5, 0.6) is 0 Å². The van der Waals surface area contributed by atoms with Crippen LogP contribution < -0.4 is 16.4 Å². The maximum absolute atomic E-state index is 14.3. The Morgan fingerprint density at radius 1 is 1.32 bits per heavy atom. The van der Waals surface area contributed by atoms with Gasteiger partial charge in [0.15, 0.2) is 0 Å². The number of benzene rings is 1. The van der Waals surface area contributed by atoms with Gasteiger partial charge in [-0.2, -0.15) is 10.5 Å². The molecule has 1 aliphatic rings. The fraction of sp³-hybridized carbons (Fsp3) is 0.364. The van der Waals surface area contributed by atoms with Gasteiger partial charge in [-0.05, 0) is 24.0 Å². The number of halogens is 1. The summed E-state index contributed by atoms with van der Waals surface area (Å²) in [6.45, 7) is 2.29. The summed E-state index contributed by atoms with van der Waals surface area (Å²) in [5, 5.41) is 19.2. The predicted molar refractivity (Wildman–Crippen MR) is 117 cm³/mol. The molecule has 1 aliphatic heterocycles. The van der Waals surface area contributed by atoms with E-state index < -0.39 is 23.4 Å². The number of primary amides is 1. The summed E-state index contributed by atoms with van der Waals surface area (Å²) < 4.78 is 14.3. The fourth-order valence-electron chi connectivity index (χ4n) is 3.64. The van der Waals surface area contributed by atoms with Gasteiger partial charge in [0, 0.05) is 12.6 Å². The van der Waals surface area contributed by atoms with Crippen LogP contribution in [0.2, 0.25) is 0 Å². The second-order valence-electron chi connectivity index (χ2n) is 7.27. The van der Waals surface area contributed by atoms with E-state index in [0.29, 0.717) is 41.4 Å². The number of aromatic nitrogens is 1. The lowest BCUT2D eigenvalue weighted by atomic mass is 9.99. The highest BCUT2D eigenvalue weighted by Crippen LogP contribution is 2.39. The monoisotopic (exact) mass is 438 g/mol. The molecule has 3 rings (SSSR count). The lowest BCUT2D eigenvalue weighted by Gasteiger charge is -2.34. The molecule has 0 aliphatic carbocycles. The number of anilines is 1. The number of hydrogen-bond acceptors (Lipinski definition) is 7. The first-order valence-electron chi connectivity index (χ1n) is 9.93. The number of nitrogens with two attached hydrogens (primary N) is 2. The van der Waals surface area contributed by atoms with Crippen molar-refractivity contribution in [2.75, 3.05) is 18.0 Å². The van der Waals surface area contributed by atoms with Crippen molar-refractivity contribution in [2.45, 2.75) is 42.3 Å². The number of carbonyl (C=O) groups is 1. The van der Waals surface area contributed by atoms with Crippen molar-refractivity contribution in [3.8, 4) is 12.1 Å². The van der Waals surface area contributed by atoms with E-state index in [1.807, 2.05) is 13.0 Å². The van der Waals surface area contributed by atoms with Gasteiger partial charge in [0.25, 0.3) is 0 Å². The first-order chi connectivity index (χ1) is 14.9. The van der Waals surface area contributed by atoms with Crippen molar-refractivity contribution in [1.82, 2.24) is 4.98 Å². The van der Waals surface area contributed by atoms with Crippen molar-refractivity contribution in [1.29, 1.82) is 10.5 Å². The summed E-state index contributed by atoms with van der Waals surface area (Å²) in [6.07, 6.45) is -0.416. The fourth-order valence-corrected chi connectivity index (χ4v) is 4.70. The number of pyridine rings is 1. The molecule has 0 saturated carbocycles. The number of carbonyl (C=O) groups excluding carboxylic acids is 1. The number of nitriles is 2. The lowest BCUT2D eigenvalue weighted by molar-refractivity contribution is -0.117. The van der Waals surface area contributed by atoms with Crippen LogP contribution in [0.1, 0.15) is 40.8 Å². The number of hydrogen-bond donors (Lipinski definition) is 2. The number of amides is 1. The minimum absolute atomic E-state index is 0.0138. The Balaban J connectivity index is 2.12. The molecule has 0 radical (unpaired) electrons. The summed E-state index contributed by atoms with van der Waals surface area (Å²) in [6, 6.07) is 12.7. The van der Waals surface area contributed by atoms with Gasteiger partial charge in [0.1, 0.15) is 34.4 Å². The van der Waals surface area contributed by atoms with Gasteiger partial charge in [-0.3, -0.25) is 4.79 Å². The molecule has 0 spiro atoms. The maximum Gasteiger partial charge on any atom is 0.235 e. The van der Waals surface area contributed by atoms with Crippen LogP contribution in [0.25, 0.3) is 0 Å². The van der Waals surface area contributed by atoms with Crippen LogP contribution in [0, 0.1) is 22.7 Å². The standard InChI is InChI=1S/C22H23FN6OS/c1-2-14-15(10-24)21(29-9-8-18(26)17(23)12-29)28-22(16(14)11-25)31-19(20(27)30)13-6-4-3-5-7-13/h3-7,17-19H,2,8-9,12,26H2,1H3,(H2,27,30)/t17-,18+,19?/m1/s1. The molecule has 2 heterocycles. The zero-order valence-corrected chi connectivity index (χ0v) is 17.9. The molecular formula is C22H23FN6OS. The zero-order valence-electron chi connectivity index (χ0n) is 17.1. The van der Waals surface area contributed by atoms with Crippen LogP contribution in [0.3, 0.4) is 0 Å². The highest BCUT2D eigenvalue weighted by Gasteiger charge is 2.31.